The van der Waals surface area contributed by atoms with E-state index in [1.807, 2.05) is 11.9 Å². The number of rotatable bonds is 4. The van der Waals surface area contributed by atoms with Crippen molar-refractivity contribution in [2.45, 2.75) is 25.3 Å². The molecule has 4 heteroatoms. The fourth-order valence-electron chi connectivity index (χ4n) is 1.50. The molecule has 0 bridgehead atoms. The Balaban J connectivity index is 2.13. The monoisotopic (exact) mass is 178 g/mol. The highest BCUT2D eigenvalue weighted by Crippen LogP contribution is 2.08. The third-order valence-electron chi connectivity index (χ3n) is 2.36. The number of hydrogen-bond donors (Lipinski definition) is 1. The van der Waals surface area contributed by atoms with Gasteiger partial charge in [-0.1, -0.05) is 0 Å². The second-order valence-electron chi connectivity index (χ2n) is 3.31. The van der Waals surface area contributed by atoms with Crippen LogP contribution in [0.3, 0.4) is 0 Å². The zero-order valence-corrected chi connectivity index (χ0v) is 7.39. The van der Waals surface area contributed by atoms with E-state index in [-0.39, 0.29) is 6.42 Å². The summed E-state index contributed by atoms with van der Waals surface area (Å²) in [6.45, 7) is 2.47. The average Bonchev–Trinajstić information content (AvgIpc) is 2.51. The number of nitrogens with one attached hydrogen (secondary N) is 1. The molecule has 0 spiro atoms. The van der Waals surface area contributed by atoms with Crippen LogP contribution in [-0.2, 0) is 0 Å². The second-order valence-corrected chi connectivity index (χ2v) is 3.31. The first-order chi connectivity index (χ1) is 5.70. The molecule has 1 N–H and O–H groups in total. The molecule has 12 heavy (non-hydrogen) atoms. The first kappa shape index (κ1) is 9.86. The van der Waals surface area contributed by atoms with Crippen LogP contribution >= 0.6 is 0 Å². The summed E-state index contributed by atoms with van der Waals surface area (Å²) >= 11 is 0. The standard InChI is InChI=1S/C8H16F2N2/c1-12(5-3-8(9)10)7-2-4-11-6-7/h7-8,11H,2-6H2,1H3. The highest BCUT2D eigenvalue weighted by molar-refractivity contribution is 4.78. The minimum Gasteiger partial charge on any atom is -0.315 e. The molecule has 0 radical (unpaired) electrons. The molecule has 0 aromatic carbocycles. The van der Waals surface area contributed by atoms with E-state index in [1.165, 1.54) is 0 Å². The average molecular weight is 178 g/mol. The van der Waals surface area contributed by atoms with Gasteiger partial charge in [0.15, 0.2) is 0 Å². The molecule has 1 fully saturated rings. The maximum absolute atomic E-state index is 11.8. The van der Waals surface area contributed by atoms with Gasteiger partial charge in [-0.25, -0.2) is 8.78 Å². The van der Waals surface area contributed by atoms with Gasteiger partial charge in [0.25, 0.3) is 0 Å². The maximum atomic E-state index is 11.8. The molecule has 1 rings (SSSR count). The van der Waals surface area contributed by atoms with Gasteiger partial charge >= 0.3 is 0 Å². The lowest BCUT2D eigenvalue weighted by Gasteiger charge is -2.22. The summed E-state index contributed by atoms with van der Waals surface area (Å²) in [5.41, 5.74) is 0. The van der Waals surface area contributed by atoms with Crippen molar-refractivity contribution < 1.29 is 8.78 Å². The molecule has 1 aliphatic rings. The Morgan fingerprint density at radius 2 is 2.33 bits per heavy atom. The summed E-state index contributed by atoms with van der Waals surface area (Å²) in [5, 5.41) is 3.21. The van der Waals surface area contributed by atoms with Gasteiger partial charge in [-0.2, -0.15) is 0 Å². The molecule has 0 amide bonds. The van der Waals surface area contributed by atoms with Crippen LogP contribution in [0.15, 0.2) is 0 Å². The van der Waals surface area contributed by atoms with E-state index in [1.54, 1.807) is 0 Å². The lowest BCUT2D eigenvalue weighted by Crippen LogP contribution is -2.34. The Hall–Kier alpha value is -0.220. The number of halogens is 2. The highest BCUT2D eigenvalue weighted by atomic mass is 19.3. The van der Waals surface area contributed by atoms with Gasteiger partial charge in [0.05, 0.1) is 0 Å². The molecule has 0 saturated carbocycles. The number of hydrogen-bond acceptors (Lipinski definition) is 2. The molecular formula is C8H16F2N2. The Bertz CT molecular complexity index is 124. The fraction of sp³-hybridized carbons (Fsp3) is 1.00. The van der Waals surface area contributed by atoms with Crippen LogP contribution in [0, 0.1) is 0 Å². The van der Waals surface area contributed by atoms with E-state index in [9.17, 15) is 8.78 Å². The first-order valence-electron chi connectivity index (χ1n) is 4.39. The summed E-state index contributed by atoms with van der Waals surface area (Å²) in [6, 6.07) is 0.462. The second kappa shape index (κ2) is 4.72. The Labute approximate surface area is 71.9 Å². The molecular weight excluding hydrogens is 162 g/mol. The lowest BCUT2D eigenvalue weighted by molar-refractivity contribution is 0.114. The van der Waals surface area contributed by atoms with Crippen molar-refractivity contribution >= 4 is 0 Å². The molecule has 1 atom stereocenters. The van der Waals surface area contributed by atoms with Gasteiger partial charge in [0.1, 0.15) is 0 Å². The van der Waals surface area contributed by atoms with Crippen molar-refractivity contribution in [1.82, 2.24) is 10.2 Å². The molecule has 1 heterocycles. The molecule has 1 aliphatic heterocycles. The van der Waals surface area contributed by atoms with Crippen molar-refractivity contribution in [1.29, 1.82) is 0 Å². The van der Waals surface area contributed by atoms with E-state index in [2.05, 4.69) is 5.32 Å². The number of likely N-dealkylation sites (N-methyl/N-ethyl adjacent to an activating group) is 1. The molecule has 1 saturated heterocycles. The van der Waals surface area contributed by atoms with Gasteiger partial charge < -0.3 is 10.2 Å². The summed E-state index contributed by atoms with van der Waals surface area (Å²) < 4.78 is 23.7. The van der Waals surface area contributed by atoms with Gasteiger partial charge in [-0.15, -0.1) is 0 Å². The molecule has 0 aliphatic carbocycles. The summed E-state index contributed by atoms with van der Waals surface area (Å²) in [4.78, 5) is 2.02. The van der Waals surface area contributed by atoms with Crippen molar-refractivity contribution in [3.63, 3.8) is 0 Å². The van der Waals surface area contributed by atoms with E-state index < -0.39 is 6.43 Å². The topological polar surface area (TPSA) is 15.3 Å². The molecule has 2 nitrogen and oxygen atoms in total. The SMILES string of the molecule is CN(CCC(F)F)C1CCNC1. The van der Waals surface area contributed by atoms with Crippen LogP contribution in [-0.4, -0.2) is 44.0 Å². The van der Waals surface area contributed by atoms with Gasteiger partial charge in [-0.05, 0) is 20.0 Å². The third-order valence-corrected chi connectivity index (χ3v) is 2.36. The van der Waals surface area contributed by atoms with Crippen LogP contribution in [0.5, 0.6) is 0 Å². The van der Waals surface area contributed by atoms with E-state index in [0.717, 1.165) is 19.5 Å². The van der Waals surface area contributed by atoms with Crippen LogP contribution < -0.4 is 5.32 Å². The summed E-state index contributed by atoms with van der Waals surface area (Å²) in [5.74, 6) is 0. The maximum Gasteiger partial charge on any atom is 0.239 e. The van der Waals surface area contributed by atoms with Crippen LogP contribution in [0.4, 0.5) is 8.78 Å². The predicted molar refractivity (Wildman–Crippen MR) is 44.5 cm³/mol. The quantitative estimate of drug-likeness (QED) is 0.689. The molecule has 1 unspecified atom stereocenters. The lowest BCUT2D eigenvalue weighted by atomic mass is 10.2. The fourth-order valence-corrected chi connectivity index (χ4v) is 1.50. The minimum absolute atomic E-state index is 0.00694. The Morgan fingerprint density at radius 1 is 1.58 bits per heavy atom. The summed E-state index contributed by atoms with van der Waals surface area (Å²) in [7, 11) is 1.92. The summed E-state index contributed by atoms with van der Waals surface area (Å²) in [6.07, 6.45) is -1.09. The number of alkyl halides is 2. The predicted octanol–water partition coefficient (Wildman–Crippen LogP) is 0.935. The first-order valence-corrected chi connectivity index (χ1v) is 4.39. The van der Waals surface area contributed by atoms with Gasteiger partial charge in [0.2, 0.25) is 6.43 Å². The van der Waals surface area contributed by atoms with Crippen LogP contribution in [0.2, 0.25) is 0 Å². The zero-order valence-electron chi connectivity index (χ0n) is 7.39. The number of nitrogens with zero attached hydrogens (tertiary/aromatic N) is 1. The van der Waals surface area contributed by atoms with Crippen molar-refractivity contribution in [2.24, 2.45) is 0 Å². The van der Waals surface area contributed by atoms with E-state index in [4.69, 9.17) is 0 Å². The van der Waals surface area contributed by atoms with Crippen molar-refractivity contribution in [3.05, 3.63) is 0 Å². The largest absolute Gasteiger partial charge is 0.315 e. The van der Waals surface area contributed by atoms with E-state index in [0.29, 0.717) is 12.6 Å². The van der Waals surface area contributed by atoms with Gasteiger partial charge in [-0.3, -0.25) is 0 Å². The third kappa shape index (κ3) is 3.03. The molecule has 72 valence electrons. The van der Waals surface area contributed by atoms with Gasteiger partial charge in [0, 0.05) is 25.6 Å². The zero-order chi connectivity index (χ0) is 8.97. The Kier molecular flexibility index (Phi) is 3.88. The normalized spacial score (nSPS) is 24.2. The van der Waals surface area contributed by atoms with Crippen molar-refractivity contribution in [3.8, 4) is 0 Å². The van der Waals surface area contributed by atoms with Crippen LogP contribution in [0.25, 0.3) is 0 Å². The Morgan fingerprint density at radius 3 is 2.83 bits per heavy atom. The van der Waals surface area contributed by atoms with E-state index >= 15 is 0 Å². The highest BCUT2D eigenvalue weighted by Gasteiger charge is 2.19. The molecule has 0 aromatic heterocycles. The minimum atomic E-state index is -2.16. The molecule has 0 aromatic rings. The van der Waals surface area contributed by atoms with Crippen molar-refractivity contribution in [2.75, 3.05) is 26.7 Å². The smallest absolute Gasteiger partial charge is 0.239 e. The van der Waals surface area contributed by atoms with Crippen LogP contribution in [0.1, 0.15) is 12.8 Å².